The number of piperidine rings is 1. The number of amides is 2. The molecule has 3 N–H and O–H groups in total. The average Bonchev–Trinajstić information content (AvgIpc) is 2.92. The Morgan fingerprint density at radius 1 is 1.20 bits per heavy atom. The molecule has 1 saturated carbocycles. The van der Waals surface area contributed by atoms with Crippen LogP contribution in [0.1, 0.15) is 46.0 Å². The van der Waals surface area contributed by atoms with Crippen molar-refractivity contribution in [2.75, 3.05) is 13.1 Å². The predicted molar refractivity (Wildman–Crippen MR) is 78.1 cm³/mol. The van der Waals surface area contributed by atoms with Gasteiger partial charge in [-0.15, -0.1) is 0 Å². The van der Waals surface area contributed by atoms with Crippen LogP contribution >= 0.6 is 0 Å². The molecule has 0 aromatic carbocycles. The van der Waals surface area contributed by atoms with E-state index in [1.165, 1.54) is 6.92 Å². The lowest BCUT2D eigenvalue weighted by atomic mass is 9.92. The Morgan fingerprint density at radius 2 is 1.90 bits per heavy atom. The van der Waals surface area contributed by atoms with Crippen LogP contribution in [0, 0.1) is 11.8 Å². The predicted octanol–water partition coefficient (Wildman–Crippen LogP) is 0.795. The Hall–Kier alpha value is -1.10. The second-order valence-corrected chi connectivity index (χ2v) is 6.31. The van der Waals surface area contributed by atoms with E-state index in [-0.39, 0.29) is 23.9 Å². The van der Waals surface area contributed by atoms with Gasteiger partial charge in [0.25, 0.3) is 0 Å². The van der Waals surface area contributed by atoms with Crippen molar-refractivity contribution < 1.29 is 9.59 Å². The smallest absolute Gasteiger partial charge is 0.243 e. The topological polar surface area (TPSA) is 70.2 Å². The largest absolute Gasteiger partial charge is 0.350 e. The molecule has 3 unspecified atom stereocenters. The Morgan fingerprint density at radius 3 is 2.50 bits per heavy atom. The molecule has 3 atom stereocenters. The quantitative estimate of drug-likeness (QED) is 0.714. The summed E-state index contributed by atoms with van der Waals surface area (Å²) in [5, 5.41) is 9.31. The molecule has 2 aliphatic rings. The minimum absolute atomic E-state index is 0.00681. The molecule has 0 aromatic heterocycles. The molecule has 1 heterocycles. The second kappa shape index (κ2) is 7.07. The van der Waals surface area contributed by atoms with Crippen molar-refractivity contribution in [1.29, 1.82) is 0 Å². The van der Waals surface area contributed by atoms with Gasteiger partial charge < -0.3 is 16.0 Å². The lowest BCUT2D eigenvalue weighted by Gasteiger charge is -2.32. The number of carbonyl (C=O) groups is 2. The summed E-state index contributed by atoms with van der Waals surface area (Å²) in [5.41, 5.74) is 0. The highest BCUT2D eigenvalue weighted by atomic mass is 16.2. The van der Waals surface area contributed by atoms with Crippen LogP contribution in [0.3, 0.4) is 0 Å². The van der Waals surface area contributed by atoms with Crippen molar-refractivity contribution in [2.45, 2.75) is 58.0 Å². The number of carbonyl (C=O) groups excluding carboxylic acids is 2. The van der Waals surface area contributed by atoms with Gasteiger partial charge in [-0.05, 0) is 37.6 Å². The Kier molecular flexibility index (Phi) is 5.40. The van der Waals surface area contributed by atoms with Crippen LogP contribution in [0.15, 0.2) is 0 Å². The molecule has 5 heteroatoms. The van der Waals surface area contributed by atoms with Crippen molar-refractivity contribution >= 4 is 11.8 Å². The third-order valence-electron chi connectivity index (χ3n) is 4.67. The fraction of sp³-hybridized carbons (Fsp3) is 0.867. The molecule has 5 nitrogen and oxygen atoms in total. The zero-order chi connectivity index (χ0) is 14.5. The first kappa shape index (κ1) is 15.3. The normalized spacial score (nSPS) is 28.9. The summed E-state index contributed by atoms with van der Waals surface area (Å²) in [6.45, 7) is 5.50. The minimum Gasteiger partial charge on any atom is -0.350 e. The summed E-state index contributed by atoms with van der Waals surface area (Å²) < 4.78 is 0. The number of rotatable bonds is 4. The summed E-state index contributed by atoms with van der Waals surface area (Å²) in [5.74, 6) is 0.659. The van der Waals surface area contributed by atoms with Gasteiger partial charge >= 0.3 is 0 Å². The van der Waals surface area contributed by atoms with Gasteiger partial charge in [0, 0.05) is 19.5 Å². The van der Waals surface area contributed by atoms with Crippen LogP contribution in [0.25, 0.3) is 0 Å². The molecule has 0 bridgehead atoms. The zero-order valence-corrected chi connectivity index (χ0v) is 12.6. The maximum atomic E-state index is 12.5. The molecule has 0 radical (unpaired) electrons. The van der Waals surface area contributed by atoms with Crippen molar-refractivity contribution in [3.05, 3.63) is 0 Å². The van der Waals surface area contributed by atoms with Crippen molar-refractivity contribution in [2.24, 2.45) is 11.8 Å². The molecule has 2 fully saturated rings. The van der Waals surface area contributed by atoms with E-state index < -0.39 is 0 Å². The first-order valence-corrected chi connectivity index (χ1v) is 7.86. The third kappa shape index (κ3) is 3.95. The van der Waals surface area contributed by atoms with E-state index in [2.05, 4.69) is 22.9 Å². The lowest BCUT2D eigenvalue weighted by Crippen LogP contribution is -2.57. The molecular formula is C15H27N3O2. The fourth-order valence-corrected chi connectivity index (χ4v) is 3.36. The van der Waals surface area contributed by atoms with Gasteiger partial charge in [0.1, 0.15) is 6.04 Å². The molecule has 0 aromatic rings. The molecule has 1 aliphatic carbocycles. The van der Waals surface area contributed by atoms with Crippen LogP contribution in [0.5, 0.6) is 0 Å². The van der Waals surface area contributed by atoms with Crippen LogP contribution < -0.4 is 16.0 Å². The minimum atomic E-state index is -0.357. The van der Waals surface area contributed by atoms with E-state index in [9.17, 15) is 9.59 Å². The highest BCUT2D eigenvalue weighted by Gasteiger charge is 2.33. The van der Waals surface area contributed by atoms with Gasteiger partial charge in [-0.2, -0.15) is 0 Å². The summed E-state index contributed by atoms with van der Waals surface area (Å²) in [6, 6.07) is -0.182. The van der Waals surface area contributed by atoms with E-state index in [4.69, 9.17) is 0 Å². The Balaban J connectivity index is 1.96. The Labute approximate surface area is 121 Å². The monoisotopic (exact) mass is 281 g/mol. The molecular weight excluding hydrogens is 254 g/mol. The molecule has 0 spiro atoms. The summed E-state index contributed by atoms with van der Waals surface area (Å²) >= 11 is 0. The van der Waals surface area contributed by atoms with Gasteiger partial charge in [0.15, 0.2) is 0 Å². The number of hydrogen-bond acceptors (Lipinski definition) is 3. The van der Waals surface area contributed by atoms with E-state index in [0.717, 1.165) is 45.2 Å². The van der Waals surface area contributed by atoms with E-state index in [0.29, 0.717) is 11.8 Å². The maximum absolute atomic E-state index is 12.5. The van der Waals surface area contributed by atoms with Crippen LogP contribution in [-0.2, 0) is 9.59 Å². The van der Waals surface area contributed by atoms with Gasteiger partial charge in [-0.1, -0.05) is 19.8 Å². The van der Waals surface area contributed by atoms with E-state index >= 15 is 0 Å². The fourth-order valence-electron chi connectivity index (χ4n) is 3.36. The van der Waals surface area contributed by atoms with Crippen molar-refractivity contribution in [3.8, 4) is 0 Å². The number of nitrogens with one attached hydrogen (secondary N) is 3. The average molecular weight is 281 g/mol. The van der Waals surface area contributed by atoms with E-state index in [1.807, 2.05) is 0 Å². The van der Waals surface area contributed by atoms with Gasteiger partial charge in [0.2, 0.25) is 11.8 Å². The molecule has 114 valence electrons. The van der Waals surface area contributed by atoms with Gasteiger partial charge in [-0.25, -0.2) is 0 Å². The van der Waals surface area contributed by atoms with Gasteiger partial charge in [0.05, 0.1) is 0 Å². The zero-order valence-electron chi connectivity index (χ0n) is 12.6. The van der Waals surface area contributed by atoms with Crippen LogP contribution in [-0.4, -0.2) is 37.0 Å². The summed E-state index contributed by atoms with van der Waals surface area (Å²) in [6.07, 6.45) is 5.48. The van der Waals surface area contributed by atoms with Crippen molar-refractivity contribution in [1.82, 2.24) is 16.0 Å². The second-order valence-electron chi connectivity index (χ2n) is 6.31. The van der Waals surface area contributed by atoms with Gasteiger partial charge in [-0.3, -0.25) is 9.59 Å². The molecule has 1 saturated heterocycles. The van der Waals surface area contributed by atoms with Crippen molar-refractivity contribution in [3.63, 3.8) is 0 Å². The molecule has 2 rings (SSSR count). The SMILES string of the molecule is CC(=O)NC(C(=O)NC1CNCCC1C)C1CCCC1. The van der Waals surface area contributed by atoms with Crippen LogP contribution in [0.4, 0.5) is 0 Å². The lowest BCUT2D eigenvalue weighted by molar-refractivity contribution is -0.130. The van der Waals surface area contributed by atoms with Crippen LogP contribution in [0.2, 0.25) is 0 Å². The van der Waals surface area contributed by atoms with E-state index in [1.54, 1.807) is 0 Å². The summed E-state index contributed by atoms with van der Waals surface area (Å²) in [4.78, 5) is 23.9. The molecule has 2 amide bonds. The first-order chi connectivity index (χ1) is 9.58. The maximum Gasteiger partial charge on any atom is 0.243 e. The first-order valence-electron chi connectivity index (χ1n) is 7.86. The molecule has 1 aliphatic heterocycles. The molecule has 20 heavy (non-hydrogen) atoms. The highest BCUT2D eigenvalue weighted by molar-refractivity contribution is 5.87. The highest BCUT2D eigenvalue weighted by Crippen LogP contribution is 2.28. The Bertz CT molecular complexity index is 353. The standard InChI is InChI=1S/C15H27N3O2/c1-10-7-8-16-9-13(10)18-15(20)14(17-11(2)19)12-5-3-4-6-12/h10,12-14,16H,3-9H2,1-2H3,(H,17,19)(H,18,20). The summed E-state index contributed by atoms with van der Waals surface area (Å²) in [7, 11) is 0. The third-order valence-corrected chi connectivity index (χ3v) is 4.67. The number of hydrogen-bond donors (Lipinski definition) is 3.